The number of hydrogen-bond acceptors (Lipinski definition) is 3. The third kappa shape index (κ3) is 3.31. The molecule has 0 spiro atoms. The van der Waals surface area contributed by atoms with Gasteiger partial charge >= 0.3 is 0 Å². The standard InChI is InChI=1S/C13H13BrFNOS/c1-8(16)13(12-6-9(14)7-18-12)17-11-4-2-10(15)3-5-11/h2-8,13H,16H2,1H3. The highest BCUT2D eigenvalue weighted by atomic mass is 79.9. The summed E-state index contributed by atoms with van der Waals surface area (Å²) in [5.74, 6) is 0.335. The van der Waals surface area contributed by atoms with Gasteiger partial charge in [0.1, 0.15) is 17.7 Å². The zero-order chi connectivity index (χ0) is 13.1. The Kier molecular flexibility index (Phi) is 4.37. The Bertz CT molecular complexity index is 512. The van der Waals surface area contributed by atoms with Crippen LogP contribution in [0.2, 0.25) is 0 Å². The van der Waals surface area contributed by atoms with E-state index in [1.165, 1.54) is 12.1 Å². The average molecular weight is 330 g/mol. The third-order valence-electron chi connectivity index (χ3n) is 2.42. The number of hydrogen-bond donors (Lipinski definition) is 1. The quantitative estimate of drug-likeness (QED) is 0.915. The molecule has 0 radical (unpaired) electrons. The summed E-state index contributed by atoms with van der Waals surface area (Å²) < 4.78 is 19.7. The zero-order valence-corrected chi connectivity index (χ0v) is 12.2. The maximum absolute atomic E-state index is 12.8. The topological polar surface area (TPSA) is 35.2 Å². The average Bonchev–Trinajstić information content (AvgIpc) is 2.74. The summed E-state index contributed by atoms with van der Waals surface area (Å²) in [6.07, 6.45) is -0.230. The molecule has 5 heteroatoms. The summed E-state index contributed by atoms with van der Waals surface area (Å²) in [5, 5.41) is 1.98. The molecule has 0 bridgehead atoms. The van der Waals surface area contributed by atoms with E-state index in [2.05, 4.69) is 15.9 Å². The van der Waals surface area contributed by atoms with Crippen LogP contribution in [0.1, 0.15) is 17.9 Å². The number of halogens is 2. The van der Waals surface area contributed by atoms with Gasteiger partial charge in [0, 0.05) is 20.8 Å². The fraction of sp³-hybridized carbons (Fsp3) is 0.231. The van der Waals surface area contributed by atoms with Crippen LogP contribution in [0.5, 0.6) is 5.75 Å². The SMILES string of the molecule is CC(N)C(Oc1ccc(F)cc1)c1cc(Br)cs1. The second-order valence-corrected chi connectivity index (χ2v) is 5.88. The van der Waals surface area contributed by atoms with E-state index in [1.54, 1.807) is 23.5 Å². The lowest BCUT2D eigenvalue weighted by Crippen LogP contribution is -2.28. The van der Waals surface area contributed by atoms with Gasteiger partial charge in [-0.15, -0.1) is 11.3 Å². The lowest BCUT2D eigenvalue weighted by molar-refractivity contribution is 0.184. The van der Waals surface area contributed by atoms with Crippen molar-refractivity contribution in [1.29, 1.82) is 0 Å². The van der Waals surface area contributed by atoms with Crippen LogP contribution < -0.4 is 10.5 Å². The first-order valence-electron chi connectivity index (χ1n) is 5.48. The van der Waals surface area contributed by atoms with Crippen LogP contribution in [-0.4, -0.2) is 6.04 Å². The molecule has 2 nitrogen and oxygen atoms in total. The Morgan fingerprint density at radius 1 is 1.33 bits per heavy atom. The minimum Gasteiger partial charge on any atom is -0.483 e. The first kappa shape index (κ1) is 13.5. The molecular formula is C13H13BrFNOS. The minimum atomic E-state index is -0.279. The Morgan fingerprint density at radius 2 is 2.00 bits per heavy atom. The predicted molar refractivity (Wildman–Crippen MR) is 75.4 cm³/mol. The van der Waals surface area contributed by atoms with E-state index in [9.17, 15) is 4.39 Å². The molecule has 0 fully saturated rings. The van der Waals surface area contributed by atoms with Gasteiger partial charge < -0.3 is 10.5 Å². The van der Waals surface area contributed by atoms with E-state index in [0.717, 1.165) is 9.35 Å². The summed E-state index contributed by atoms with van der Waals surface area (Å²) >= 11 is 4.99. The van der Waals surface area contributed by atoms with E-state index >= 15 is 0 Å². The van der Waals surface area contributed by atoms with Crippen LogP contribution in [0.3, 0.4) is 0 Å². The van der Waals surface area contributed by atoms with Crippen molar-refractivity contribution in [1.82, 2.24) is 0 Å². The fourth-order valence-corrected chi connectivity index (χ4v) is 3.15. The maximum Gasteiger partial charge on any atom is 0.148 e. The minimum absolute atomic E-state index is 0.152. The molecule has 0 aliphatic carbocycles. The van der Waals surface area contributed by atoms with Crippen molar-refractivity contribution in [2.75, 3.05) is 0 Å². The fourth-order valence-electron chi connectivity index (χ4n) is 1.56. The Balaban J connectivity index is 2.19. The van der Waals surface area contributed by atoms with Gasteiger partial charge in [-0.3, -0.25) is 0 Å². The van der Waals surface area contributed by atoms with E-state index < -0.39 is 0 Å². The number of thiophene rings is 1. The second-order valence-electron chi connectivity index (χ2n) is 4.02. The Hall–Kier alpha value is -0.910. The molecule has 1 aromatic heterocycles. The maximum atomic E-state index is 12.8. The molecule has 2 rings (SSSR count). The molecule has 2 aromatic rings. The van der Waals surface area contributed by atoms with Gasteiger partial charge in [-0.2, -0.15) is 0 Å². The van der Waals surface area contributed by atoms with Gasteiger partial charge in [-0.05, 0) is 53.2 Å². The molecule has 2 N–H and O–H groups in total. The number of rotatable bonds is 4. The molecule has 0 aliphatic rings. The van der Waals surface area contributed by atoms with Gasteiger partial charge in [0.05, 0.1) is 0 Å². The molecule has 2 unspecified atom stereocenters. The number of ether oxygens (including phenoxy) is 1. The van der Waals surface area contributed by atoms with Crippen molar-refractivity contribution in [3.63, 3.8) is 0 Å². The molecule has 0 saturated carbocycles. The number of benzene rings is 1. The first-order valence-corrected chi connectivity index (χ1v) is 7.15. The molecule has 18 heavy (non-hydrogen) atoms. The first-order chi connectivity index (χ1) is 8.56. The van der Waals surface area contributed by atoms with E-state index in [1.807, 2.05) is 18.4 Å². The van der Waals surface area contributed by atoms with Gasteiger partial charge in [0.15, 0.2) is 0 Å². The van der Waals surface area contributed by atoms with Crippen molar-refractivity contribution in [2.45, 2.75) is 19.1 Å². The van der Waals surface area contributed by atoms with Gasteiger partial charge in [0.2, 0.25) is 0 Å². The molecule has 2 atom stereocenters. The molecule has 96 valence electrons. The van der Waals surface area contributed by atoms with Crippen LogP contribution >= 0.6 is 27.3 Å². The van der Waals surface area contributed by atoms with Crippen molar-refractivity contribution < 1.29 is 9.13 Å². The monoisotopic (exact) mass is 329 g/mol. The summed E-state index contributed by atoms with van der Waals surface area (Å²) in [4.78, 5) is 1.04. The van der Waals surface area contributed by atoms with Crippen LogP contribution in [0.25, 0.3) is 0 Å². The van der Waals surface area contributed by atoms with E-state index in [0.29, 0.717) is 5.75 Å². The zero-order valence-electron chi connectivity index (χ0n) is 9.77. The summed E-state index contributed by atoms with van der Waals surface area (Å²) in [6.45, 7) is 1.89. The van der Waals surface area contributed by atoms with E-state index in [4.69, 9.17) is 10.5 Å². The summed E-state index contributed by atoms with van der Waals surface area (Å²) in [7, 11) is 0. The molecule has 0 aliphatic heterocycles. The summed E-state index contributed by atoms with van der Waals surface area (Å²) in [5.41, 5.74) is 5.95. The Labute approximate surface area is 118 Å². The molecule has 1 heterocycles. The Morgan fingerprint density at radius 3 is 2.50 bits per heavy atom. The van der Waals surface area contributed by atoms with Crippen molar-refractivity contribution in [3.05, 3.63) is 50.9 Å². The van der Waals surface area contributed by atoms with Crippen molar-refractivity contribution in [2.24, 2.45) is 5.73 Å². The van der Waals surface area contributed by atoms with Gasteiger partial charge in [-0.1, -0.05) is 0 Å². The summed E-state index contributed by atoms with van der Waals surface area (Å²) in [6, 6.07) is 7.79. The molecule has 0 saturated heterocycles. The van der Waals surface area contributed by atoms with Crippen LogP contribution in [0.15, 0.2) is 40.2 Å². The lowest BCUT2D eigenvalue weighted by Gasteiger charge is -2.21. The molecule has 1 aromatic carbocycles. The lowest BCUT2D eigenvalue weighted by atomic mass is 10.1. The van der Waals surface area contributed by atoms with E-state index in [-0.39, 0.29) is 18.0 Å². The highest BCUT2D eigenvalue weighted by Gasteiger charge is 2.20. The van der Waals surface area contributed by atoms with Gasteiger partial charge in [-0.25, -0.2) is 4.39 Å². The second kappa shape index (κ2) is 5.82. The smallest absolute Gasteiger partial charge is 0.148 e. The predicted octanol–water partition coefficient (Wildman–Crippen LogP) is 4.12. The van der Waals surface area contributed by atoms with Crippen LogP contribution in [0.4, 0.5) is 4.39 Å². The largest absolute Gasteiger partial charge is 0.483 e. The van der Waals surface area contributed by atoms with Crippen molar-refractivity contribution >= 4 is 27.3 Å². The third-order valence-corrected chi connectivity index (χ3v) is 4.18. The number of nitrogens with two attached hydrogens (primary N) is 1. The molecular weight excluding hydrogens is 317 g/mol. The van der Waals surface area contributed by atoms with Crippen LogP contribution in [0, 0.1) is 5.82 Å². The van der Waals surface area contributed by atoms with Gasteiger partial charge in [0.25, 0.3) is 0 Å². The normalized spacial score (nSPS) is 14.2. The van der Waals surface area contributed by atoms with Crippen molar-refractivity contribution in [3.8, 4) is 5.75 Å². The highest BCUT2D eigenvalue weighted by molar-refractivity contribution is 9.10. The highest BCUT2D eigenvalue weighted by Crippen LogP contribution is 2.31. The van der Waals surface area contributed by atoms with Crippen LogP contribution in [-0.2, 0) is 0 Å². The molecule has 0 amide bonds.